The van der Waals surface area contributed by atoms with Crippen molar-refractivity contribution >= 4 is 22.8 Å². The number of fused-ring (bicyclic) bond motifs is 1. The number of furan rings is 1. The summed E-state index contributed by atoms with van der Waals surface area (Å²) in [5.74, 6) is -1.07. The second-order valence-corrected chi connectivity index (χ2v) is 6.44. The Bertz CT molecular complexity index is 822. The number of carbonyl (C=O) groups is 2. The molecule has 1 aliphatic heterocycles. The number of aliphatic carboxylic acids is 1. The van der Waals surface area contributed by atoms with E-state index in [0.29, 0.717) is 12.1 Å². The van der Waals surface area contributed by atoms with Crippen LogP contribution in [0.2, 0.25) is 0 Å². The molecule has 1 N–H and O–H groups in total. The van der Waals surface area contributed by atoms with Crippen molar-refractivity contribution in [3.63, 3.8) is 0 Å². The molecule has 1 saturated heterocycles. The van der Waals surface area contributed by atoms with Crippen molar-refractivity contribution in [2.45, 2.75) is 39.9 Å². The molecule has 1 aromatic carbocycles. The number of aryl methyl sites for hydroxylation is 3. The van der Waals surface area contributed by atoms with E-state index < -0.39 is 12.1 Å². The summed E-state index contributed by atoms with van der Waals surface area (Å²) in [5.41, 5.74) is 3.53. The smallest absolute Gasteiger partial charge is 0.334 e. The molecule has 6 nitrogen and oxygen atoms in total. The Morgan fingerprint density at radius 3 is 2.46 bits per heavy atom. The van der Waals surface area contributed by atoms with Crippen molar-refractivity contribution in [3.05, 3.63) is 34.6 Å². The molecule has 1 aromatic heterocycles. The van der Waals surface area contributed by atoms with Crippen LogP contribution in [-0.4, -0.2) is 47.2 Å². The van der Waals surface area contributed by atoms with Gasteiger partial charge in [-0.2, -0.15) is 0 Å². The number of hydrogen-bond donors (Lipinski definition) is 1. The van der Waals surface area contributed by atoms with Crippen molar-refractivity contribution in [1.29, 1.82) is 0 Å². The van der Waals surface area contributed by atoms with Crippen molar-refractivity contribution in [2.75, 3.05) is 13.1 Å². The van der Waals surface area contributed by atoms with Crippen LogP contribution in [-0.2, 0) is 9.53 Å². The number of nitrogens with zero attached hydrogens (tertiary/aromatic N) is 1. The van der Waals surface area contributed by atoms with Crippen molar-refractivity contribution in [2.24, 2.45) is 0 Å². The van der Waals surface area contributed by atoms with Crippen molar-refractivity contribution < 1.29 is 23.8 Å². The van der Waals surface area contributed by atoms with Gasteiger partial charge in [-0.25, -0.2) is 4.79 Å². The van der Waals surface area contributed by atoms with E-state index in [4.69, 9.17) is 9.15 Å². The number of benzene rings is 1. The van der Waals surface area contributed by atoms with E-state index in [9.17, 15) is 14.7 Å². The molecule has 1 aliphatic rings. The molecule has 6 heteroatoms. The molecule has 2 heterocycles. The van der Waals surface area contributed by atoms with E-state index >= 15 is 0 Å². The van der Waals surface area contributed by atoms with Crippen LogP contribution in [0, 0.1) is 20.8 Å². The first-order chi connectivity index (χ1) is 11.3. The van der Waals surface area contributed by atoms with E-state index in [1.165, 1.54) is 4.90 Å². The molecule has 128 valence electrons. The number of amides is 1. The number of morpholine rings is 1. The highest BCUT2D eigenvalue weighted by Crippen LogP contribution is 2.31. The zero-order valence-electron chi connectivity index (χ0n) is 14.3. The maximum absolute atomic E-state index is 12.9. The minimum absolute atomic E-state index is 0.0208. The highest BCUT2D eigenvalue weighted by atomic mass is 16.5. The third-order valence-electron chi connectivity index (χ3n) is 4.50. The highest BCUT2D eigenvalue weighted by molar-refractivity contribution is 6.00. The van der Waals surface area contributed by atoms with Gasteiger partial charge in [-0.3, -0.25) is 4.79 Å². The van der Waals surface area contributed by atoms with Crippen molar-refractivity contribution in [3.8, 4) is 0 Å². The topological polar surface area (TPSA) is 80.0 Å². The Morgan fingerprint density at radius 1 is 1.17 bits per heavy atom. The largest absolute Gasteiger partial charge is 0.479 e. The quantitative estimate of drug-likeness (QED) is 0.915. The van der Waals surface area contributed by atoms with E-state index in [1.807, 2.05) is 32.9 Å². The molecule has 2 aromatic rings. The zero-order chi connectivity index (χ0) is 17.6. The third-order valence-corrected chi connectivity index (χ3v) is 4.50. The minimum Gasteiger partial charge on any atom is -0.479 e. The predicted molar refractivity (Wildman–Crippen MR) is 88.3 cm³/mol. The molecular weight excluding hydrogens is 310 g/mol. The fraction of sp³-hybridized carbons (Fsp3) is 0.444. The molecule has 3 rings (SSSR count). The van der Waals surface area contributed by atoms with Gasteiger partial charge in [0.15, 0.2) is 11.9 Å². The molecular formula is C18H21NO5. The molecule has 2 atom stereocenters. The van der Waals surface area contributed by atoms with Crippen LogP contribution in [0.4, 0.5) is 0 Å². The maximum Gasteiger partial charge on any atom is 0.334 e. The molecule has 1 fully saturated rings. The van der Waals surface area contributed by atoms with Crippen LogP contribution in [0.15, 0.2) is 16.5 Å². The molecule has 0 saturated carbocycles. The predicted octanol–water partition coefficient (Wildman–Crippen LogP) is 2.67. The Morgan fingerprint density at radius 2 is 1.83 bits per heavy atom. The van der Waals surface area contributed by atoms with Gasteiger partial charge >= 0.3 is 5.97 Å². The van der Waals surface area contributed by atoms with Gasteiger partial charge in [0.25, 0.3) is 5.91 Å². The van der Waals surface area contributed by atoms with E-state index in [1.54, 1.807) is 6.92 Å². The highest BCUT2D eigenvalue weighted by Gasteiger charge is 2.35. The van der Waals surface area contributed by atoms with Crippen LogP contribution >= 0.6 is 0 Å². The standard InChI is InChI=1S/C18H21NO5/c1-9-5-6-10(2)15-14(9)12(4)16(24-15)17(20)19-7-11(3)23-13(8-19)18(21)22/h5-6,11,13H,7-8H2,1-4H3,(H,21,22)/t11-,13?/m1/s1. The molecule has 0 spiro atoms. The number of carboxylic acids is 1. The van der Waals surface area contributed by atoms with Crippen LogP contribution in [0.3, 0.4) is 0 Å². The Hall–Kier alpha value is -2.34. The fourth-order valence-corrected chi connectivity index (χ4v) is 3.28. The lowest BCUT2D eigenvalue weighted by molar-refractivity contribution is -0.160. The van der Waals surface area contributed by atoms with Crippen LogP contribution in [0.1, 0.15) is 34.2 Å². The summed E-state index contributed by atoms with van der Waals surface area (Å²) >= 11 is 0. The average Bonchev–Trinajstić information content (AvgIpc) is 2.88. The molecule has 24 heavy (non-hydrogen) atoms. The Labute approximate surface area is 140 Å². The summed E-state index contributed by atoms with van der Waals surface area (Å²) in [6, 6.07) is 3.97. The first kappa shape index (κ1) is 16.5. The lowest BCUT2D eigenvalue weighted by Crippen LogP contribution is -2.51. The average molecular weight is 331 g/mol. The van der Waals surface area contributed by atoms with Crippen LogP contribution in [0.25, 0.3) is 11.0 Å². The van der Waals surface area contributed by atoms with Gasteiger partial charge in [0.2, 0.25) is 0 Å². The molecule has 0 radical (unpaired) electrons. The van der Waals surface area contributed by atoms with Gasteiger partial charge in [-0.1, -0.05) is 12.1 Å². The maximum atomic E-state index is 12.9. The summed E-state index contributed by atoms with van der Waals surface area (Å²) in [7, 11) is 0. The number of carboxylic acid groups (broad SMARTS) is 1. The normalized spacial score (nSPS) is 21.2. The third kappa shape index (κ3) is 2.67. The number of ether oxygens (including phenoxy) is 1. The van der Waals surface area contributed by atoms with E-state index in [2.05, 4.69) is 0 Å². The molecule has 1 unspecified atom stereocenters. The summed E-state index contributed by atoms with van der Waals surface area (Å²) in [5, 5.41) is 10.1. The SMILES string of the molecule is Cc1ccc(C)c2c(C)c(C(=O)N3CC(C(=O)O)O[C@H](C)C3)oc12. The van der Waals surface area contributed by atoms with Gasteiger partial charge in [0, 0.05) is 17.5 Å². The lowest BCUT2D eigenvalue weighted by atomic mass is 10.0. The van der Waals surface area contributed by atoms with Crippen LogP contribution in [0.5, 0.6) is 0 Å². The zero-order valence-corrected chi connectivity index (χ0v) is 14.3. The first-order valence-corrected chi connectivity index (χ1v) is 7.96. The minimum atomic E-state index is -1.06. The molecule has 1 amide bonds. The molecule has 0 aliphatic carbocycles. The number of rotatable bonds is 2. The van der Waals surface area contributed by atoms with E-state index in [-0.39, 0.29) is 24.3 Å². The second-order valence-electron chi connectivity index (χ2n) is 6.44. The first-order valence-electron chi connectivity index (χ1n) is 7.96. The van der Waals surface area contributed by atoms with Gasteiger partial charge in [-0.15, -0.1) is 0 Å². The lowest BCUT2D eigenvalue weighted by Gasteiger charge is -2.34. The Balaban J connectivity index is 2.00. The van der Waals surface area contributed by atoms with Crippen molar-refractivity contribution in [1.82, 2.24) is 4.90 Å². The second kappa shape index (κ2) is 5.94. The summed E-state index contributed by atoms with van der Waals surface area (Å²) in [4.78, 5) is 25.6. The molecule has 0 bridgehead atoms. The Kier molecular flexibility index (Phi) is 4.09. The van der Waals surface area contributed by atoms with E-state index in [0.717, 1.165) is 22.1 Å². The fourth-order valence-electron chi connectivity index (χ4n) is 3.28. The summed E-state index contributed by atoms with van der Waals surface area (Å²) in [6.07, 6.45) is -1.34. The van der Waals surface area contributed by atoms with Gasteiger partial charge in [-0.05, 0) is 38.8 Å². The summed E-state index contributed by atoms with van der Waals surface area (Å²) in [6.45, 7) is 7.91. The van der Waals surface area contributed by atoms with Gasteiger partial charge < -0.3 is 19.2 Å². The number of carbonyl (C=O) groups excluding carboxylic acids is 1. The monoisotopic (exact) mass is 331 g/mol. The van der Waals surface area contributed by atoms with Gasteiger partial charge in [0.05, 0.1) is 12.6 Å². The summed E-state index contributed by atoms with van der Waals surface area (Å²) < 4.78 is 11.2. The number of hydrogen-bond acceptors (Lipinski definition) is 4. The van der Waals surface area contributed by atoms with Crippen LogP contribution < -0.4 is 0 Å². The van der Waals surface area contributed by atoms with Gasteiger partial charge in [0.1, 0.15) is 5.58 Å².